The molecule has 0 aliphatic heterocycles. The summed E-state index contributed by atoms with van der Waals surface area (Å²) in [5.74, 6) is 3.74. The third-order valence-electron chi connectivity index (χ3n) is 4.23. The lowest BCUT2D eigenvalue weighted by molar-refractivity contribution is 0.482. The van der Waals surface area contributed by atoms with E-state index in [9.17, 15) is 0 Å². The van der Waals surface area contributed by atoms with Crippen LogP contribution in [0.25, 0.3) is 0 Å². The van der Waals surface area contributed by atoms with Crippen molar-refractivity contribution in [2.24, 2.45) is 0 Å². The molecule has 134 valence electrons. The molecule has 0 bridgehead atoms. The fourth-order valence-corrected chi connectivity index (χ4v) is 4.05. The van der Waals surface area contributed by atoms with Crippen LogP contribution in [0.2, 0.25) is 5.02 Å². The zero-order chi connectivity index (χ0) is 18.4. The number of rotatable bonds is 7. The van der Waals surface area contributed by atoms with E-state index in [0.29, 0.717) is 0 Å². The van der Waals surface area contributed by atoms with Gasteiger partial charge in [0.25, 0.3) is 0 Å². The van der Waals surface area contributed by atoms with Gasteiger partial charge in [0.2, 0.25) is 0 Å². The molecule has 0 spiro atoms. The van der Waals surface area contributed by atoms with Crippen molar-refractivity contribution in [1.29, 1.82) is 0 Å². The molecule has 3 heteroatoms. The highest BCUT2D eigenvalue weighted by molar-refractivity contribution is 7.98. The van der Waals surface area contributed by atoms with Crippen molar-refractivity contribution < 1.29 is 4.74 Å². The average Bonchev–Trinajstić information content (AvgIpc) is 2.63. The van der Waals surface area contributed by atoms with E-state index in [1.165, 1.54) is 11.1 Å². The number of hydrogen-bond donors (Lipinski definition) is 0. The number of thioether (sulfide) groups is 1. The molecule has 0 saturated heterocycles. The van der Waals surface area contributed by atoms with Crippen LogP contribution in [0.1, 0.15) is 25.0 Å². The molecular formula is C23H23ClOS. The van der Waals surface area contributed by atoms with Crippen molar-refractivity contribution in [2.45, 2.75) is 25.0 Å². The van der Waals surface area contributed by atoms with Crippen LogP contribution in [0, 0.1) is 0 Å². The van der Waals surface area contributed by atoms with Crippen LogP contribution in [0.4, 0.5) is 0 Å². The largest absolute Gasteiger partial charge is 0.457 e. The topological polar surface area (TPSA) is 9.23 Å². The van der Waals surface area contributed by atoms with E-state index in [4.69, 9.17) is 16.3 Å². The first kappa shape index (κ1) is 18.9. The number of ether oxygens (including phenoxy) is 1. The Kier molecular flexibility index (Phi) is 6.29. The van der Waals surface area contributed by atoms with Gasteiger partial charge in [-0.15, -0.1) is 0 Å². The summed E-state index contributed by atoms with van der Waals surface area (Å²) in [5, 5.41) is 0.785. The zero-order valence-electron chi connectivity index (χ0n) is 15.1. The van der Waals surface area contributed by atoms with Gasteiger partial charge in [0.05, 0.1) is 0 Å². The molecular weight excluding hydrogens is 360 g/mol. The maximum atomic E-state index is 6.00. The molecule has 1 nitrogen and oxygen atoms in total. The minimum atomic E-state index is 0.105. The molecule has 0 aliphatic carbocycles. The van der Waals surface area contributed by atoms with Gasteiger partial charge in [0.15, 0.2) is 0 Å². The first-order valence-corrected chi connectivity index (χ1v) is 10.2. The first-order chi connectivity index (χ1) is 12.5. The van der Waals surface area contributed by atoms with Crippen molar-refractivity contribution in [3.05, 3.63) is 95.0 Å². The van der Waals surface area contributed by atoms with Gasteiger partial charge in [0, 0.05) is 16.5 Å². The number of halogens is 1. The molecule has 0 fully saturated rings. The summed E-state index contributed by atoms with van der Waals surface area (Å²) in [6, 6.07) is 26.4. The van der Waals surface area contributed by atoms with Crippen molar-refractivity contribution >= 4 is 23.4 Å². The van der Waals surface area contributed by atoms with Gasteiger partial charge in [0.1, 0.15) is 11.5 Å². The van der Waals surface area contributed by atoms with E-state index in [1.807, 2.05) is 60.3 Å². The monoisotopic (exact) mass is 382 g/mol. The summed E-state index contributed by atoms with van der Waals surface area (Å²) >= 11 is 7.94. The van der Waals surface area contributed by atoms with Crippen molar-refractivity contribution in [2.75, 3.05) is 5.75 Å². The van der Waals surface area contributed by atoms with Crippen molar-refractivity contribution in [1.82, 2.24) is 0 Å². The molecule has 0 aliphatic rings. The van der Waals surface area contributed by atoms with E-state index in [-0.39, 0.29) is 5.41 Å². The normalized spacial score (nSPS) is 11.3. The van der Waals surface area contributed by atoms with Crippen LogP contribution < -0.4 is 4.74 Å². The van der Waals surface area contributed by atoms with E-state index in [0.717, 1.165) is 28.0 Å². The lowest BCUT2D eigenvalue weighted by atomic mass is 9.87. The van der Waals surface area contributed by atoms with Crippen LogP contribution in [0.3, 0.4) is 0 Å². The number of benzene rings is 3. The van der Waals surface area contributed by atoms with E-state index in [1.54, 1.807) is 0 Å². The minimum Gasteiger partial charge on any atom is -0.457 e. The Bertz CT molecular complexity index is 828. The lowest BCUT2D eigenvalue weighted by Crippen LogP contribution is -2.20. The van der Waals surface area contributed by atoms with Crippen LogP contribution in [-0.2, 0) is 11.2 Å². The molecule has 0 amide bonds. The van der Waals surface area contributed by atoms with Crippen LogP contribution in [0.5, 0.6) is 11.5 Å². The van der Waals surface area contributed by atoms with Crippen LogP contribution in [-0.4, -0.2) is 5.75 Å². The molecule has 0 N–H and O–H groups in total. The second-order valence-electron chi connectivity index (χ2n) is 6.95. The third kappa shape index (κ3) is 5.30. The maximum absolute atomic E-state index is 6.00. The summed E-state index contributed by atoms with van der Waals surface area (Å²) in [5.41, 5.74) is 2.69. The molecule has 3 rings (SSSR count). The van der Waals surface area contributed by atoms with E-state index < -0.39 is 0 Å². The molecule has 3 aromatic carbocycles. The molecule has 0 atom stereocenters. The summed E-state index contributed by atoms with van der Waals surface area (Å²) in [4.78, 5) is 0. The maximum Gasteiger partial charge on any atom is 0.127 e. The van der Waals surface area contributed by atoms with Crippen molar-refractivity contribution in [3.8, 4) is 11.5 Å². The van der Waals surface area contributed by atoms with Gasteiger partial charge >= 0.3 is 0 Å². The van der Waals surface area contributed by atoms with Crippen molar-refractivity contribution in [3.63, 3.8) is 0 Å². The second kappa shape index (κ2) is 8.66. The lowest BCUT2D eigenvalue weighted by Gasteiger charge is -2.25. The molecule has 0 aromatic heterocycles. The Morgan fingerprint density at radius 1 is 0.846 bits per heavy atom. The van der Waals surface area contributed by atoms with Gasteiger partial charge in [-0.3, -0.25) is 0 Å². The Balaban J connectivity index is 1.58. The molecule has 26 heavy (non-hydrogen) atoms. The molecule has 0 unspecified atom stereocenters. The van der Waals surface area contributed by atoms with Gasteiger partial charge in [-0.2, -0.15) is 11.8 Å². The predicted octanol–water partition coefficient (Wildman–Crippen LogP) is 7.34. The second-order valence-corrected chi connectivity index (χ2v) is 8.37. The third-order valence-corrected chi connectivity index (χ3v) is 5.95. The van der Waals surface area contributed by atoms with Gasteiger partial charge in [-0.1, -0.05) is 67.9 Å². The molecule has 0 radical (unpaired) electrons. The Labute approximate surface area is 165 Å². The zero-order valence-corrected chi connectivity index (χ0v) is 16.7. The standard InChI is InChI=1S/C23H23ClOS/c1-23(2,19-11-13-20(24)14-12-19)17-26-16-18-7-6-10-22(15-18)25-21-8-4-3-5-9-21/h3-15H,16-17H2,1-2H3. The summed E-state index contributed by atoms with van der Waals surface area (Å²) in [7, 11) is 0. The number of hydrogen-bond acceptors (Lipinski definition) is 2. The highest BCUT2D eigenvalue weighted by Crippen LogP contribution is 2.30. The minimum absolute atomic E-state index is 0.105. The summed E-state index contributed by atoms with van der Waals surface area (Å²) < 4.78 is 5.93. The summed E-state index contributed by atoms with van der Waals surface area (Å²) in [6.45, 7) is 4.55. The Morgan fingerprint density at radius 3 is 2.27 bits per heavy atom. The molecule has 0 saturated carbocycles. The van der Waals surface area contributed by atoms with E-state index in [2.05, 4.69) is 44.2 Å². The van der Waals surface area contributed by atoms with Gasteiger partial charge in [-0.25, -0.2) is 0 Å². The van der Waals surface area contributed by atoms with Crippen LogP contribution >= 0.6 is 23.4 Å². The first-order valence-electron chi connectivity index (χ1n) is 8.69. The van der Waals surface area contributed by atoms with Crippen LogP contribution in [0.15, 0.2) is 78.9 Å². The highest BCUT2D eigenvalue weighted by Gasteiger charge is 2.20. The van der Waals surface area contributed by atoms with E-state index >= 15 is 0 Å². The Hall–Kier alpha value is -1.90. The average molecular weight is 383 g/mol. The van der Waals surface area contributed by atoms with Gasteiger partial charge < -0.3 is 4.74 Å². The highest BCUT2D eigenvalue weighted by atomic mass is 35.5. The fraction of sp³-hybridized carbons (Fsp3) is 0.217. The molecule has 3 aromatic rings. The predicted molar refractivity (Wildman–Crippen MR) is 114 cm³/mol. The number of para-hydroxylation sites is 1. The SMILES string of the molecule is CC(C)(CSCc1cccc(Oc2ccccc2)c1)c1ccc(Cl)cc1. The Morgan fingerprint density at radius 2 is 1.54 bits per heavy atom. The smallest absolute Gasteiger partial charge is 0.127 e. The fourth-order valence-electron chi connectivity index (χ4n) is 2.73. The van der Waals surface area contributed by atoms with Gasteiger partial charge in [-0.05, 0) is 52.9 Å². The molecule has 0 heterocycles. The quantitative estimate of drug-likeness (QED) is 0.422. The summed E-state index contributed by atoms with van der Waals surface area (Å²) in [6.07, 6.45) is 0.